The monoisotopic (exact) mass is 381 g/mol. The number of hydrogen-bond acceptors (Lipinski definition) is 5. The topological polar surface area (TPSA) is 105 Å². The molecule has 1 atom stereocenters. The Morgan fingerprint density at radius 1 is 1.22 bits per heavy atom. The van der Waals surface area contributed by atoms with E-state index in [9.17, 15) is 9.59 Å². The van der Waals surface area contributed by atoms with E-state index >= 15 is 0 Å². The molecule has 1 aliphatic rings. The number of thiophene rings is 1. The molecule has 2 aromatic heterocycles. The van der Waals surface area contributed by atoms with Gasteiger partial charge in [0.2, 0.25) is 5.91 Å². The first-order valence-corrected chi connectivity index (χ1v) is 9.59. The molecule has 3 heterocycles. The number of carbonyl (C=O) groups is 2. The van der Waals surface area contributed by atoms with E-state index in [1.807, 2.05) is 41.3 Å². The van der Waals surface area contributed by atoms with Gasteiger partial charge in [-0.05, 0) is 25.0 Å². The first-order valence-electron chi connectivity index (χ1n) is 8.77. The number of H-pyrrole nitrogens is 1. The van der Waals surface area contributed by atoms with Crippen LogP contribution >= 0.6 is 11.3 Å². The van der Waals surface area contributed by atoms with E-state index in [1.165, 1.54) is 11.3 Å². The van der Waals surface area contributed by atoms with Crippen molar-refractivity contribution in [3.05, 3.63) is 58.0 Å². The zero-order valence-electron chi connectivity index (χ0n) is 14.6. The summed E-state index contributed by atoms with van der Waals surface area (Å²) < 4.78 is 0. The maximum atomic E-state index is 12.8. The molecule has 7 nitrogen and oxygen atoms in total. The van der Waals surface area contributed by atoms with Gasteiger partial charge in [0.1, 0.15) is 5.82 Å². The molecule has 4 rings (SSSR count). The van der Waals surface area contributed by atoms with Gasteiger partial charge in [0, 0.05) is 17.0 Å². The van der Waals surface area contributed by atoms with Crippen molar-refractivity contribution in [2.24, 2.45) is 5.73 Å². The molecule has 0 spiro atoms. The highest BCUT2D eigenvalue weighted by atomic mass is 32.1. The van der Waals surface area contributed by atoms with Gasteiger partial charge in [0.05, 0.1) is 17.3 Å². The zero-order chi connectivity index (χ0) is 18.8. The maximum Gasteiger partial charge on any atom is 0.258 e. The highest BCUT2D eigenvalue weighted by Crippen LogP contribution is 2.36. The van der Waals surface area contributed by atoms with Gasteiger partial charge in [-0.2, -0.15) is 5.10 Å². The van der Waals surface area contributed by atoms with Crippen molar-refractivity contribution >= 4 is 23.2 Å². The minimum atomic E-state index is -0.433. The molecule has 0 unspecified atom stereocenters. The van der Waals surface area contributed by atoms with Gasteiger partial charge in [0.15, 0.2) is 5.82 Å². The summed E-state index contributed by atoms with van der Waals surface area (Å²) in [4.78, 5) is 32.0. The molecule has 1 saturated heterocycles. The summed E-state index contributed by atoms with van der Waals surface area (Å²) in [5.41, 5.74) is 6.25. The van der Waals surface area contributed by atoms with Crippen molar-refractivity contribution in [3.63, 3.8) is 0 Å². The largest absolute Gasteiger partial charge is 0.365 e. The van der Waals surface area contributed by atoms with Gasteiger partial charge >= 0.3 is 0 Å². The highest BCUT2D eigenvalue weighted by Gasteiger charge is 2.31. The van der Waals surface area contributed by atoms with Crippen LogP contribution in [0.1, 0.15) is 39.3 Å². The van der Waals surface area contributed by atoms with E-state index in [2.05, 4.69) is 15.2 Å². The Bertz CT molecular complexity index is 965. The number of primary amides is 1. The molecule has 1 fully saturated rings. The van der Waals surface area contributed by atoms with E-state index in [1.54, 1.807) is 6.07 Å². The van der Waals surface area contributed by atoms with Crippen molar-refractivity contribution < 1.29 is 9.59 Å². The lowest BCUT2D eigenvalue weighted by Gasteiger charge is -2.23. The average molecular weight is 381 g/mol. The van der Waals surface area contributed by atoms with E-state index in [0.29, 0.717) is 23.1 Å². The second-order valence-corrected chi connectivity index (χ2v) is 7.58. The number of aromatic amines is 1. The molecule has 8 heteroatoms. The van der Waals surface area contributed by atoms with Crippen LogP contribution < -0.4 is 5.73 Å². The number of aromatic nitrogens is 3. The van der Waals surface area contributed by atoms with Crippen molar-refractivity contribution in [2.45, 2.75) is 25.3 Å². The van der Waals surface area contributed by atoms with Crippen LogP contribution in [0, 0.1) is 0 Å². The lowest BCUT2D eigenvalue weighted by molar-refractivity contribution is -0.131. The third kappa shape index (κ3) is 3.61. The van der Waals surface area contributed by atoms with Crippen LogP contribution in [0.25, 0.3) is 11.4 Å². The normalized spacial score (nSPS) is 16.6. The number of likely N-dealkylation sites (tertiary alicyclic amines) is 1. The van der Waals surface area contributed by atoms with Crippen LogP contribution in [0.3, 0.4) is 0 Å². The second-order valence-electron chi connectivity index (χ2n) is 6.46. The molecule has 0 aliphatic carbocycles. The molecule has 1 aliphatic heterocycles. The predicted octanol–water partition coefficient (Wildman–Crippen LogP) is 2.54. The summed E-state index contributed by atoms with van der Waals surface area (Å²) in [6.45, 7) is 0.701. The number of benzene rings is 1. The number of amides is 2. The molecule has 138 valence electrons. The maximum absolute atomic E-state index is 12.8. The molecule has 1 aromatic carbocycles. The fourth-order valence-electron chi connectivity index (χ4n) is 3.36. The smallest absolute Gasteiger partial charge is 0.258 e. The van der Waals surface area contributed by atoms with E-state index < -0.39 is 5.91 Å². The summed E-state index contributed by atoms with van der Waals surface area (Å²) in [7, 11) is 0. The summed E-state index contributed by atoms with van der Waals surface area (Å²) in [5.74, 6) is 0.703. The molecule has 27 heavy (non-hydrogen) atoms. The summed E-state index contributed by atoms with van der Waals surface area (Å²) in [6.07, 6.45) is 1.99. The van der Waals surface area contributed by atoms with Crippen molar-refractivity contribution in [1.82, 2.24) is 20.1 Å². The van der Waals surface area contributed by atoms with Gasteiger partial charge in [-0.15, -0.1) is 11.3 Å². The molecular weight excluding hydrogens is 362 g/mol. The quantitative estimate of drug-likeness (QED) is 0.708. The van der Waals surface area contributed by atoms with Gasteiger partial charge in [-0.1, -0.05) is 30.3 Å². The van der Waals surface area contributed by atoms with Gasteiger partial charge in [-0.3, -0.25) is 14.7 Å². The van der Waals surface area contributed by atoms with Crippen molar-refractivity contribution in [3.8, 4) is 11.4 Å². The Kier molecular flexibility index (Phi) is 4.72. The van der Waals surface area contributed by atoms with Crippen LogP contribution in [0.5, 0.6) is 0 Å². The number of nitrogens with one attached hydrogen (secondary N) is 1. The third-order valence-corrected chi connectivity index (χ3v) is 5.85. The predicted molar refractivity (Wildman–Crippen MR) is 102 cm³/mol. The Morgan fingerprint density at radius 3 is 2.78 bits per heavy atom. The minimum absolute atomic E-state index is 0.00212. The fourth-order valence-corrected chi connectivity index (χ4v) is 4.37. The van der Waals surface area contributed by atoms with Gasteiger partial charge in [0.25, 0.3) is 5.91 Å². The lowest BCUT2D eigenvalue weighted by atomic mass is 10.2. The average Bonchev–Trinajstić information content (AvgIpc) is 3.41. The molecule has 0 radical (unpaired) electrons. The van der Waals surface area contributed by atoms with Crippen LogP contribution in [0.4, 0.5) is 0 Å². The second kappa shape index (κ2) is 7.32. The van der Waals surface area contributed by atoms with Crippen molar-refractivity contribution in [2.75, 3.05) is 6.54 Å². The minimum Gasteiger partial charge on any atom is -0.365 e. The zero-order valence-corrected chi connectivity index (χ0v) is 15.4. The molecular formula is C19H19N5O2S. The van der Waals surface area contributed by atoms with E-state index in [4.69, 9.17) is 5.73 Å². The Morgan fingerprint density at radius 2 is 2.04 bits per heavy atom. The molecule has 3 N–H and O–H groups in total. The van der Waals surface area contributed by atoms with Crippen molar-refractivity contribution in [1.29, 1.82) is 0 Å². The number of carbonyl (C=O) groups excluding carboxylic acids is 2. The Balaban J connectivity index is 1.47. The first kappa shape index (κ1) is 17.4. The molecule has 2 amide bonds. The van der Waals surface area contributed by atoms with Crippen LogP contribution in [0.2, 0.25) is 0 Å². The molecule has 3 aromatic rings. The number of hydrogen-bond donors (Lipinski definition) is 2. The third-order valence-electron chi connectivity index (χ3n) is 4.65. The van der Waals surface area contributed by atoms with E-state index in [0.717, 1.165) is 23.3 Å². The van der Waals surface area contributed by atoms with Crippen LogP contribution in [-0.2, 0) is 11.2 Å². The standard InChI is InChI=1S/C19H19N5O2S/c20-18(26)15-9-8-14(27-15)13-7-4-10-24(13)17(25)11-16-21-19(23-22-16)12-5-2-1-3-6-12/h1-3,5-6,8-9,13H,4,7,10-11H2,(H2,20,26)(H,21,22,23)/t13-/m0/s1. The number of nitrogens with zero attached hydrogens (tertiary/aromatic N) is 3. The van der Waals surface area contributed by atoms with Crippen LogP contribution in [-0.4, -0.2) is 38.4 Å². The number of rotatable bonds is 5. The summed E-state index contributed by atoms with van der Waals surface area (Å²) in [6, 6.07) is 13.3. The van der Waals surface area contributed by atoms with Gasteiger partial charge < -0.3 is 10.6 Å². The molecule has 0 saturated carbocycles. The SMILES string of the molecule is NC(=O)c1ccc([C@@H]2CCCN2C(=O)Cc2nc(-c3ccccc3)n[nH]2)s1. The van der Waals surface area contributed by atoms with E-state index in [-0.39, 0.29) is 18.4 Å². The summed E-state index contributed by atoms with van der Waals surface area (Å²) >= 11 is 1.36. The summed E-state index contributed by atoms with van der Waals surface area (Å²) in [5, 5.41) is 7.07. The Hall–Kier alpha value is -3.00. The highest BCUT2D eigenvalue weighted by molar-refractivity contribution is 7.14. The number of nitrogens with two attached hydrogens (primary N) is 1. The lowest BCUT2D eigenvalue weighted by Crippen LogP contribution is -2.31. The van der Waals surface area contributed by atoms with Crippen LogP contribution in [0.15, 0.2) is 42.5 Å². The fraction of sp³-hybridized carbons (Fsp3) is 0.263. The molecule has 0 bridgehead atoms. The first-order chi connectivity index (χ1) is 13.1. The Labute approximate surface area is 160 Å². The van der Waals surface area contributed by atoms with Gasteiger partial charge in [-0.25, -0.2) is 4.98 Å².